The molecule has 0 fully saturated rings. The van der Waals surface area contributed by atoms with E-state index in [4.69, 9.17) is 35.0 Å². The topological polar surface area (TPSA) is 84.2 Å². The quantitative estimate of drug-likeness (QED) is 0.142. The normalized spacial score (nSPS) is 11.5. The third kappa shape index (κ3) is 5.76. The number of hydrogen-bond acceptors (Lipinski definition) is 7. The average molecular weight is 547 g/mol. The molecule has 0 atom stereocenters. The van der Waals surface area contributed by atoms with Crippen LogP contribution in [0.4, 0.5) is 13.2 Å². The average Bonchev–Trinajstić information content (AvgIpc) is 2.89. The van der Waals surface area contributed by atoms with Crippen molar-refractivity contribution >= 4 is 34.6 Å². The molecule has 4 rings (SSSR count). The number of para-hydroxylation sites is 1. The Kier molecular flexibility index (Phi) is 7.63. The summed E-state index contributed by atoms with van der Waals surface area (Å²) in [5.74, 6) is -2.90. The SMILES string of the molecule is COc1ccc(/C=C/C(=O)Oc2ccc3c(=O)c(Oc4ccccc4Cl)c(C(F)(F)F)oc3c2)cc1OC. The smallest absolute Gasteiger partial charge is 0.453 e. The Balaban J connectivity index is 1.63. The molecule has 0 saturated heterocycles. The van der Waals surface area contributed by atoms with Gasteiger partial charge in [0, 0.05) is 12.1 Å². The summed E-state index contributed by atoms with van der Waals surface area (Å²) < 4.78 is 67.1. The van der Waals surface area contributed by atoms with E-state index in [1.54, 1.807) is 24.3 Å². The molecule has 1 heterocycles. The molecule has 196 valence electrons. The van der Waals surface area contributed by atoms with Crippen LogP contribution in [0.1, 0.15) is 11.3 Å². The number of ether oxygens (including phenoxy) is 4. The van der Waals surface area contributed by atoms with Crippen LogP contribution in [0.15, 0.2) is 76.0 Å². The van der Waals surface area contributed by atoms with Crippen LogP contribution in [0.3, 0.4) is 0 Å². The van der Waals surface area contributed by atoms with E-state index in [0.29, 0.717) is 17.1 Å². The molecule has 0 saturated carbocycles. The first-order valence-electron chi connectivity index (χ1n) is 10.8. The lowest BCUT2D eigenvalue weighted by Gasteiger charge is -2.14. The number of esters is 1. The summed E-state index contributed by atoms with van der Waals surface area (Å²) in [5, 5.41) is -0.218. The Morgan fingerprint density at radius 2 is 1.68 bits per heavy atom. The lowest BCUT2D eigenvalue weighted by Crippen LogP contribution is -2.15. The van der Waals surface area contributed by atoms with Gasteiger partial charge in [-0.3, -0.25) is 4.79 Å². The molecule has 3 aromatic carbocycles. The molecule has 0 aliphatic rings. The first kappa shape index (κ1) is 26.6. The minimum absolute atomic E-state index is 0.00326. The second-order valence-electron chi connectivity index (χ2n) is 7.65. The van der Waals surface area contributed by atoms with Crippen molar-refractivity contribution in [1.29, 1.82) is 0 Å². The fourth-order valence-corrected chi connectivity index (χ4v) is 3.58. The highest BCUT2D eigenvalue weighted by atomic mass is 35.5. The highest BCUT2D eigenvalue weighted by Gasteiger charge is 2.40. The molecule has 0 aliphatic carbocycles. The van der Waals surface area contributed by atoms with E-state index < -0.39 is 34.7 Å². The third-order valence-corrected chi connectivity index (χ3v) is 5.48. The van der Waals surface area contributed by atoms with Gasteiger partial charge in [0.2, 0.25) is 11.2 Å². The molecule has 7 nitrogen and oxygen atoms in total. The van der Waals surface area contributed by atoms with Crippen LogP contribution >= 0.6 is 11.6 Å². The molecule has 1 aromatic heterocycles. The molecule has 0 unspecified atom stereocenters. The van der Waals surface area contributed by atoms with E-state index in [0.717, 1.165) is 12.1 Å². The predicted octanol–water partition coefficient (Wildman–Crippen LogP) is 6.89. The number of carbonyl (C=O) groups excluding carboxylic acids is 1. The van der Waals surface area contributed by atoms with Gasteiger partial charge in [0.25, 0.3) is 5.76 Å². The molecule has 11 heteroatoms. The van der Waals surface area contributed by atoms with Crippen LogP contribution in [0.25, 0.3) is 17.0 Å². The second-order valence-corrected chi connectivity index (χ2v) is 8.05. The molecule has 0 amide bonds. The lowest BCUT2D eigenvalue weighted by atomic mass is 10.2. The number of benzene rings is 3. The van der Waals surface area contributed by atoms with Crippen molar-refractivity contribution in [3.63, 3.8) is 0 Å². The van der Waals surface area contributed by atoms with Gasteiger partial charge in [-0.1, -0.05) is 29.8 Å². The number of halogens is 4. The van der Waals surface area contributed by atoms with Gasteiger partial charge in [-0.15, -0.1) is 0 Å². The Hall–Kier alpha value is -4.44. The fourth-order valence-electron chi connectivity index (χ4n) is 3.41. The standard InChI is InChI=1S/C27H18ClF3O7/c1-34-20-11-7-15(13-22(20)35-2)8-12-23(32)36-16-9-10-17-21(14-16)38-26(27(29,30)31)25(24(17)33)37-19-6-4-3-5-18(19)28/h3-14H,1-2H3/b12-8+. The van der Waals surface area contributed by atoms with Gasteiger partial charge in [-0.25, -0.2) is 4.79 Å². The summed E-state index contributed by atoms with van der Waals surface area (Å²) >= 11 is 5.97. The predicted molar refractivity (Wildman–Crippen MR) is 133 cm³/mol. The number of carbonyl (C=O) groups is 1. The lowest BCUT2D eigenvalue weighted by molar-refractivity contribution is -0.154. The zero-order chi connectivity index (χ0) is 27.4. The summed E-state index contributed by atoms with van der Waals surface area (Å²) in [5.41, 5.74) is -0.933. The van der Waals surface area contributed by atoms with Gasteiger partial charge in [-0.2, -0.15) is 13.2 Å². The zero-order valence-electron chi connectivity index (χ0n) is 19.8. The van der Waals surface area contributed by atoms with E-state index in [2.05, 4.69) is 0 Å². The molecule has 0 N–H and O–H groups in total. The van der Waals surface area contributed by atoms with Crippen molar-refractivity contribution in [1.82, 2.24) is 0 Å². The summed E-state index contributed by atoms with van der Waals surface area (Å²) in [6.45, 7) is 0. The molecular weight excluding hydrogens is 529 g/mol. The highest BCUT2D eigenvalue weighted by molar-refractivity contribution is 6.32. The van der Waals surface area contributed by atoms with Gasteiger partial charge >= 0.3 is 12.1 Å². The number of fused-ring (bicyclic) bond motifs is 1. The van der Waals surface area contributed by atoms with Crippen molar-refractivity contribution in [2.45, 2.75) is 6.18 Å². The van der Waals surface area contributed by atoms with Gasteiger partial charge in [0.1, 0.15) is 17.1 Å². The molecule has 0 bridgehead atoms. The Bertz CT molecular complexity index is 1590. The van der Waals surface area contributed by atoms with Crippen molar-refractivity contribution < 1.29 is 41.3 Å². The third-order valence-electron chi connectivity index (χ3n) is 5.17. The number of alkyl halides is 3. The van der Waals surface area contributed by atoms with Crippen molar-refractivity contribution in [3.8, 4) is 28.7 Å². The Morgan fingerprint density at radius 1 is 0.947 bits per heavy atom. The molecule has 0 aliphatic heterocycles. The first-order chi connectivity index (χ1) is 18.1. The Labute approximate surface area is 218 Å². The maximum absolute atomic E-state index is 13.8. The molecule has 0 radical (unpaired) electrons. The summed E-state index contributed by atoms with van der Waals surface area (Å²) in [7, 11) is 2.95. The largest absolute Gasteiger partial charge is 0.493 e. The Morgan fingerprint density at radius 3 is 2.37 bits per heavy atom. The number of hydrogen-bond donors (Lipinski definition) is 0. The summed E-state index contributed by atoms with van der Waals surface area (Å²) in [6, 6.07) is 14.1. The van der Waals surface area contributed by atoms with Crippen molar-refractivity contribution in [2.75, 3.05) is 14.2 Å². The van der Waals surface area contributed by atoms with E-state index in [1.165, 1.54) is 50.6 Å². The van der Waals surface area contributed by atoms with Crippen LogP contribution < -0.4 is 24.4 Å². The number of methoxy groups -OCH3 is 2. The van der Waals surface area contributed by atoms with E-state index in [9.17, 15) is 22.8 Å². The summed E-state index contributed by atoms with van der Waals surface area (Å²) in [4.78, 5) is 25.2. The van der Waals surface area contributed by atoms with Gasteiger partial charge < -0.3 is 23.4 Å². The van der Waals surface area contributed by atoms with Gasteiger partial charge in [-0.05, 0) is 48.0 Å². The molecule has 4 aromatic rings. The maximum Gasteiger partial charge on any atom is 0.453 e. The molecular formula is C27H18ClF3O7. The van der Waals surface area contributed by atoms with Crippen LogP contribution in [-0.4, -0.2) is 20.2 Å². The minimum atomic E-state index is -5.07. The van der Waals surface area contributed by atoms with E-state index >= 15 is 0 Å². The van der Waals surface area contributed by atoms with Crippen molar-refractivity contribution in [2.24, 2.45) is 0 Å². The van der Waals surface area contributed by atoms with Crippen LogP contribution in [0.5, 0.6) is 28.7 Å². The monoisotopic (exact) mass is 546 g/mol. The van der Waals surface area contributed by atoms with Crippen molar-refractivity contribution in [3.05, 3.63) is 93.3 Å². The number of rotatable bonds is 7. The molecule has 0 spiro atoms. The van der Waals surface area contributed by atoms with Crippen LogP contribution in [-0.2, 0) is 11.0 Å². The second kappa shape index (κ2) is 10.9. The zero-order valence-corrected chi connectivity index (χ0v) is 20.6. The van der Waals surface area contributed by atoms with E-state index in [-0.39, 0.29) is 21.9 Å². The van der Waals surface area contributed by atoms with Gasteiger partial charge in [0.05, 0.1) is 24.6 Å². The maximum atomic E-state index is 13.8. The van der Waals surface area contributed by atoms with Gasteiger partial charge in [0.15, 0.2) is 11.5 Å². The fraction of sp³-hybridized carbons (Fsp3) is 0.111. The van der Waals surface area contributed by atoms with Crippen LogP contribution in [0, 0.1) is 0 Å². The first-order valence-corrected chi connectivity index (χ1v) is 11.2. The summed E-state index contributed by atoms with van der Waals surface area (Å²) in [6.07, 6.45) is -2.51. The minimum Gasteiger partial charge on any atom is -0.493 e. The molecule has 38 heavy (non-hydrogen) atoms. The van der Waals surface area contributed by atoms with Crippen LogP contribution in [0.2, 0.25) is 5.02 Å². The van der Waals surface area contributed by atoms with E-state index in [1.807, 2.05) is 0 Å². The highest BCUT2D eigenvalue weighted by Crippen LogP contribution is 2.40.